The molecule has 3 rings (SSSR count). The lowest BCUT2D eigenvalue weighted by Gasteiger charge is -2.09. The molecule has 1 amide bonds. The Bertz CT molecular complexity index is 1000. The predicted octanol–water partition coefficient (Wildman–Crippen LogP) is 5.63. The molecule has 0 saturated carbocycles. The quantitative estimate of drug-likeness (QED) is 0.579. The van der Waals surface area contributed by atoms with Gasteiger partial charge in [0.25, 0.3) is 5.91 Å². The first-order chi connectivity index (χ1) is 12.3. The highest BCUT2D eigenvalue weighted by molar-refractivity contribution is 6.39. The van der Waals surface area contributed by atoms with Crippen LogP contribution in [0.25, 0.3) is 11.3 Å². The van der Waals surface area contributed by atoms with Crippen LogP contribution in [-0.4, -0.2) is 11.1 Å². The average Bonchev–Trinajstić information content (AvgIpc) is 2.96. The minimum absolute atomic E-state index is 0.0404. The molecule has 0 spiro atoms. The van der Waals surface area contributed by atoms with Crippen molar-refractivity contribution in [3.8, 4) is 11.3 Å². The number of anilines is 1. The van der Waals surface area contributed by atoms with Crippen molar-refractivity contribution in [1.29, 1.82) is 0 Å². The Morgan fingerprint density at radius 1 is 1.08 bits per heavy atom. The maximum absolute atomic E-state index is 13.8. The van der Waals surface area contributed by atoms with Crippen molar-refractivity contribution in [3.05, 3.63) is 69.2 Å². The second kappa shape index (κ2) is 7.01. The van der Waals surface area contributed by atoms with E-state index in [9.17, 15) is 18.0 Å². The smallest absolute Gasteiger partial charge is 0.261 e. The summed E-state index contributed by atoms with van der Waals surface area (Å²) in [7, 11) is 0. The van der Waals surface area contributed by atoms with Crippen LogP contribution in [0.4, 0.5) is 18.9 Å². The molecular weight excluding hydrogens is 392 g/mol. The van der Waals surface area contributed by atoms with Gasteiger partial charge in [-0.15, -0.1) is 0 Å². The molecule has 0 bridgehead atoms. The lowest BCUT2D eigenvalue weighted by Crippen LogP contribution is -2.15. The molecule has 3 aromatic rings. The van der Waals surface area contributed by atoms with Gasteiger partial charge in [0.1, 0.15) is 17.0 Å². The summed E-state index contributed by atoms with van der Waals surface area (Å²) in [6, 6.07) is 6.29. The van der Waals surface area contributed by atoms with Gasteiger partial charge in [0.05, 0.1) is 15.7 Å². The average molecular weight is 401 g/mol. The molecule has 0 fully saturated rings. The first kappa shape index (κ1) is 18.3. The number of hydrogen-bond acceptors (Lipinski definition) is 3. The molecule has 0 radical (unpaired) electrons. The monoisotopic (exact) mass is 400 g/mol. The molecule has 1 N–H and O–H groups in total. The number of rotatable bonds is 3. The van der Waals surface area contributed by atoms with Gasteiger partial charge in [0, 0.05) is 5.56 Å². The molecule has 0 aliphatic heterocycles. The number of aromatic nitrogens is 1. The van der Waals surface area contributed by atoms with Gasteiger partial charge in [-0.05, 0) is 31.2 Å². The number of aryl methyl sites for hydroxylation is 1. The molecule has 0 aliphatic rings. The Morgan fingerprint density at radius 2 is 1.73 bits per heavy atom. The number of nitrogens with one attached hydrogen (secondary N) is 1. The van der Waals surface area contributed by atoms with Crippen molar-refractivity contribution in [1.82, 2.24) is 5.16 Å². The Morgan fingerprint density at radius 3 is 2.38 bits per heavy atom. The second-order valence-electron chi connectivity index (χ2n) is 5.24. The van der Waals surface area contributed by atoms with Crippen LogP contribution >= 0.6 is 23.2 Å². The van der Waals surface area contributed by atoms with Gasteiger partial charge >= 0.3 is 0 Å². The predicted molar refractivity (Wildman–Crippen MR) is 91.0 cm³/mol. The minimum atomic E-state index is -1.70. The van der Waals surface area contributed by atoms with Crippen LogP contribution in [0.5, 0.6) is 0 Å². The van der Waals surface area contributed by atoms with E-state index in [0.29, 0.717) is 6.07 Å². The Balaban J connectivity index is 2.05. The van der Waals surface area contributed by atoms with Gasteiger partial charge in [0.2, 0.25) is 0 Å². The summed E-state index contributed by atoms with van der Waals surface area (Å²) >= 11 is 12.2. The van der Waals surface area contributed by atoms with Crippen LogP contribution in [0.2, 0.25) is 10.0 Å². The summed E-state index contributed by atoms with van der Waals surface area (Å²) in [5.41, 5.74) is -0.308. The number of amides is 1. The van der Waals surface area contributed by atoms with Crippen LogP contribution in [0.1, 0.15) is 16.1 Å². The molecule has 0 atom stereocenters. The number of carbonyl (C=O) groups excluding carboxylic acids is 1. The zero-order valence-electron chi connectivity index (χ0n) is 13.0. The van der Waals surface area contributed by atoms with E-state index < -0.39 is 29.0 Å². The molecule has 9 heteroatoms. The molecule has 0 aliphatic carbocycles. The molecule has 0 unspecified atom stereocenters. The number of benzene rings is 2. The zero-order valence-corrected chi connectivity index (χ0v) is 14.6. The lowest BCUT2D eigenvalue weighted by molar-refractivity contribution is 0.102. The molecule has 0 saturated heterocycles. The zero-order chi connectivity index (χ0) is 19.0. The third-order valence-corrected chi connectivity index (χ3v) is 4.20. The summed E-state index contributed by atoms with van der Waals surface area (Å²) in [5, 5.41) is 6.40. The third-order valence-electron chi connectivity index (χ3n) is 3.57. The fraction of sp³-hybridized carbons (Fsp3) is 0.0588. The summed E-state index contributed by atoms with van der Waals surface area (Å²) < 4.78 is 45.2. The molecular formula is C17H9Cl2F3N2O2. The van der Waals surface area contributed by atoms with Crippen LogP contribution in [0.15, 0.2) is 34.9 Å². The van der Waals surface area contributed by atoms with Gasteiger partial charge in [0.15, 0.2) is 17.5 Å². The standard InChI is InChI=1S/C17H9Cl2F3N2O2/c1-7-12(16(24-26-7)13-8(18)3-2-4-9(13)19)17(25)23-11-6-5-10(20)14(21)15(11)22/h2-6H,1H3,(H,23,25). The second-order valence-corrected chi connectivity index (χ2v) is 6.05. The molecule has 134 valence electrons. The highest BCUT2D eigenvalue weighted by Gasteiger charge is 2.26. The number of hydrogen-bond donors (Lipinski definition) is 1. The van der Waals surface area contributed by atoms with E-state index >= 15 is 0 Å². The van der Waals surface area contributed by atoms with E-state index in [4.69, 9.17) is 27.7 Å². The Labute approximate surface area is 155 Å². The third kappa shape index (κ3) is 3.15. The van der Waals surface area contributed by atoms with Crippen molar-refractivity contribution >= 4 is 34.8 Å². The van der Waals surface area contributed by atoms with Gasteiger partial charge < -0.3 is 9.84 Å². The largest absolute Gasteiger partial charge is 0.360 e. The van der Waals surface area contributed by atoms with E-state index in [1.165, 1.54) is 6.92 Å². The van der Waals surface area contributed by atoms with E-state index in [1.807, 2.05) is 0 Å². The molecule has 2 aromatic carbocycles. The first-order valence-electron chi connectivity index (χ1n) is 7.16. The van der Waals surface area contributed by atoms with Gasteiger partial charge in [-0.2, -0.15) is 0 Å². The fourth-order valence-electron chi connectivity index (χ4n) is 2.34. The minimum Gasteiger partial charge on any atom is -0.360 e. The van der Waals surface area contributed by atoms with E-state index in [1.54, 1.807) is 18.2 Å². The number of carbonyl (C=O) groups is 1. The van der Waals surface area contributed by atoms with Gasteiger partial charge in [-0.1, -0.05) is 34.4 Å². The van der Waals surface area contributed by atoms with Gasteiger partial charge in [-0.25, -0.2) is 13.2 Å². The molecule has 1 heterocycles. The summed E-state index contributed by atoms with van der Waals surface area (Å²) in [4.78, 5) is 12.6. The van der Waals surface area contributed by atoms with Gasteiger partial charge in [-0.3, -0.25) is 4.79 Å². The number of nitrogens with zero attached hydrogens (tertiary/aromatic N) is 1. The molecule has 4 nitrogen and oxygen atoms in total. The van der Waals surface area contributed by atoms with Crippen molar-refractivity contribution in [2.45, 2.75) is 6.92 Å². The van der Waals surface area contributed by atoms with E-state index in [-0.39, 0.29) is 32.6 Å². The van der Waals surface area contributed by atoms with Crippen LogP contribution in [0, 0.1) is 24.4 Å². The van der Waals surface area contributed by atoms with Crippen LogP contribution in [-0.2, 0) is 0 Å². The summed E-state index contributed by atoms with van der Waals surface area (Å²) in [6.45, 7) is 1.46. The molecule has 1 aromatic heterocycles. The van der Waals surface area contributed by atoms with E-state index in [2.05, 4.69) is 10.5 Å². The highest BCUT2D eigenvalue weighted by atomic mass is 35.5. The highest BCUT2D eigenvalue weighted by Crippen LogP contribution is 2.37. The Hall–Kier alpha value is -2.51. The topological polar surface area (TPSA) is 55.1 Å². The van der Waals surface area contributed by atoms with E-state index in [0.717, 1.165) is 6.07 Å². The maximum atomic E-state index is 13.8. The van der Waals surface area contributed by atoms with Crippen molar-refractivity contribution < 1.29 is 22.5 Å². The van der Waals surface area contributed by atoms with Crippen molar-refractivity contribution in [2.24, 2.45) is 0 Å². The Kier molecular flexibility index (Phi) is 4.93. The van der Waals surface area contributed by atoms with Crippen molar-refractivity contribution in [3.63, 3.8) is 0 Å². The normalized spacial score (nSPS) is 10.8. The number of halogens is 5. The SMILES string of the molecule is Cc1onc(-c2c(Cl)cccc2Cl)c1C(=O)Nc1ccc(F)c(F)c1F. The van der Waals surface area contributed by atoms with Crippen LogP contribution in [0.3, 0.4) is 0 Å². The molecule has 26 heavy (non-hydrogen) atoms. The summed E-state index contributed by atoms with van der Waals surface area (Å²) in [6.07, 6.45) is 0. The lowest BCUT2D eigenvalue weighted by atomic mass is 10.1. The maximum Gasteiger partial charge on any atom is 0.261 e. The first-order valence-corrected chi connectivity index (χ1v) is 7.92. The fourth-order valence-corrected chi connectivity index (χ4v) is 2.92. The van der Waals surface area contributed by atoms with Crippen LogP contribution < -0.4 is 5.32 Å². The van der Waals surface area contributed by atoms with Crippen molar-refractivity contribution in [2.75, 3.05) is 5.32 Å². The summed E-state index contributed by atoms with van der Waals surface area (Å²) in [5.74, 6) is -5.33.